The second-order valence-electron chi connectivity index (χ2n) is 2.87. The molecule has 0 heterocycles. The highest BCUT2D eigenvalue weighted by molar-refractivity contribution is 6.31. The standard InChI is InChI=1S/C9H16Cl2O/c1-2-3-4-5-9(12)8(11)6-7-10/h8H,2-7H2,1H3. The molecular weight excluding hydrogens is 195 g/mol. The van der Waals surface area contributed by atoms with Gasteiger partial charge in [-0.2, -0.15) is 0 Å². The number of hydrogen-bond acceptors (Lipinski definition) is 1. The van der Waals surface area contributed by atoms with E-state index in [2.05, 4.69) is 6.92 Å². The Balaban J connectivity index is 3.43. The van der Waals surface area contributed by atoms with E-state index in [9.17, 15) is 4.79 Å². The average Bonchev–Trinajstić information content (AvgIpc) is 2.05. The van der Waals surface area contributed by atoms with Crippen LogP contribution >= 0.6 is 23.2 Å². The summed E-state index contributed by atoms with van der Waals surface area (Å²) in [7, 11) is 0. The summed E-state index contributed by atoms with van der Waals surface area (Å²) in [5.41, 5.74) is 0. The van der Waals surface area contributed by atoms with E-state index in [1.165, 1.54) is 0 Å². The van der Waals surface area contributed by atoms with Crippen molar-refractivity contribution in [2.45, 2.75) is 44.4 Å². The van der Waals surface area contributed by atoms with Gasteiger partial charge < -0.3 is 0 Å². The summed E-state index contributed by atoms with van der Waals surface area (Å²) in [6.45, 7) is 2.11. The smallest absolute Gasteiger partial charge is 0.150 e. The predicted molar refractivity (Wildman–Crippen MR) is 54.1 cm³/mol. The Morgan fingerprint density at radius 3 is 2.58 bits per heavy atom. The molecule has 0 rings (SSSR count). The minimum atomic E-state index is -0.362. The second-order valence-corrected chi connectivity index (χ2v) is 3.77. The van der Waals surface area contributed by atoms with Gasteiger partial charge in [-0.15, -0.1) is 23.2 Å². The van der Waals surface area contributed by atoms with Crippen LogP contribution in [0.15, 0.2) is 0 Å². The Morgan fingerprint density at radius 1 is 1.42 bits per heavy atom. The Morgan fingerprint density at radius 2 is 2.08 bits per heavy atom. The number of alkyl halides is 2. The van der Waals surface area contributed by atoms with E-state index in [0.717, 1.165) is 19.3 Å². The Hall–Kier alpha value is 0.250. The van der Waals surface area contributed by atoms with Gasteiger partial charge in [-0.05, 0) is 12.8 Å². The molecule has 0 aliphatic heterocycles. The van der Waals surface area contributed by atoms with Crippen LogP contribution in [-0.4, -0.2) is 17.0 Å². The molecule has 0 saturated carbocycles. The minimum Gasteiger partial charge on any atom is -0.298 e. The summed E-state index contributed by atoms with van der Waals surface area (Å²) in [6, 6.07) is 0. The molecule has 0 amide bonds. The molecule has 0 N–H and O–H groups in total. The van der Waals surface area contributed by atoms with Crippen molar-refractivity contribution in [2.75, 3.05) is 5.88 Å². The minimum absolute atomic E-state index is 0.144. The Labute approximate surface area is 84.4 Å². The fourth-order valence-corrected chi connectivity index (χ4v) is 1.51. The number of hydrogen-bond donors (Lipinski definition) is 0. The van der Waals surface area contributed by atoms with Gasteiger partial charge in [0.15, 0.2) is 5.78 Å². The van der Waals surface area contributed by atoms with Crippen LogP contribution in [0.3, 0.4) is 0 Å². The van der Waals surface area contributed by atoms with Crippen LogP contribution in [0, 0.1) is 0 Å². The van der Waals surface area contributed by atoms with Crippen molar-refractivity contribution in [3.63, 3.8) is 0 Å². The van der Waals surface area contributed by atoms with E-state index in [-0.39, 0.29) is 11.2 Å². The maximum atomic E-state index is 11.2. The quantitative estimate of drug-likeness (QED) is 0.466. The number of carbonyl (C=O) groups excluding carboxylic acids is 1. The molecule has 1 unspecified atom stereocenters. The van der Waals surface area contributed by atoms with Crippen molar-refractivity contribution in [2.24, 2.45) is 0 Å². The fraction of sp³-hybridized carbons (Fsp3) is 0.889. The van der Waals surface area contributed by atoms with Crippen LogP contribution in [0.5, 0.6) is 0 Å². The van der Waals surface area contributed by atoms with Crippen molar-refractivity contribution in [3.05, 3.63) is 0 Å². The highest BCUT2D eigenvalue weighted by Crippen LogP contribution is 2.10. The lowest BCUT2D eigenvalue weighted by atomic mass is 10.1. The first-order chi connectivity index (χ1) is 5.72. The molecule has 0 radical (unpaired) electrons. The highest BCUT2D eigenvalue weighted by atomic mass is 35.5. The topological polar surface area (TPSA) is 17.1 Å². The predicted octanol–water partition coefficient (Wildman–Crippen LogP) is 3.37. The van der Waals surface area contributed by atoms with Crippen molar-refractivity contribution < 1.29 is 4.79 Å². The Kier molecular flexibility index (Phi) is 8.04. The summed E-state index contributed by atoms with van der Waals surface area (Å²) in [4.78, 5) is 11.2. The SMILES string of the molecule is CCCCCC(=O)C(Cl)CCCl. The van der Waals surface area contributed by atoms with Gasteiger partial charge in [0.25, 0.3) is 0 Å². The normalized spacial score (nSPS) is 12.9. The van der Waals surface area contributed by atoms with E-state index in [1.54, 1.807) is 0 Å². The lowest BCUT2D eigenvalue weighted by Crippen LogP contribution is -2.14. The van der Waals surface area contributed by atoms with E-state index in [4.69, 9.17) is 23.2 Å². The van der Waals surface area contributed by atoms with Crippen molar-refractivity contribution in [1.82, 2.24) is 0 Å². The van der Waals surface area contributed by atoms with Gasteiger partial charge in [-0.1, -0.05) is 19.8 Å². The molecule has 0 aromatic heterocycles. The van der Waals surface area contributed by atoms with Gasteiger partial charge in [-0.3, -0.25) is 4.79 Å². The van der Waals surface area contributed by atoms with E-state index < -0.39 is 0 Å². The summed E-state index contributed by atoms with van der Waals surface area (Å²) < 4.78 is 0. The van der Waals surface area contributed by atoms with Crippen LogP contribution < -0.4 is 0 Å². The van der Waals surface area contributed by atoms with Crippen LogP contribution in [0.25, 0.3) is 0 Å². The molecule has 0 spiro atoms. The van der Waals surface area contributed by atoms with Gasteiger partial charge in [0.05, 0.1) is 5.38 Å². The number of Topliss-reactive ketones (excluding diaryl/α,β-unsaturated/α-hetero) is 1. The molecule has 0 aromatic rings. The van der Waals surface area contributed by atoms with Crippen LogP contribution in [0.1, 0.15) is 39.0 Å². The largest absolute Gasteiger partial charge is 0.298 e. The fourth-order valence-electron chi connectivity index (χ4n) is 0.963. The Bertz CT molecular complexity index is 126. The number of halogens is 2. The molecule has 0 bridgehead atoms. The first-order valence-electron chi connectivity index (χ1n) is 4.45. The molecule has 0 aliphatic rings. The number of rotatable bonds is 7. The maximum Gasteiger partial charge on any atom is 0.150 e. The first kappa shape index (κ1) is 12.2. The molecule has 0 aliphatic carbocycles. The average molecular weight is 211 g/mol. The van der Waals surface area contributed by atoms with Gasteiger partial charge in [-0.25, -0.2) is 0 Å². The summed E-state index contributed by atoms with van der Waals surface area (Å²) in [5, 5.41) is -0.362. The van der Waals surface area contributed by atoms with E-state index in [0.29, 0.717) is 18.7 Å². The lowest BCUT2D eigenvalue weighted by Gasteiger charge is -2.05. The monoisotopic (exact) mass is 210 g/mol. The van der Waals surface area contributed by atoms with Gasteiger partial charge >= 0.3 is 0 Å². The third-order valence-electron chi connectivity index (χ3n) is 1.74. The molecule has 12 heavy (non-hydrogen) atoms. The second kappa shape index (κ2) is 7.88. The zero-order chi connectivity index (χ0) is 9.40. The third kappa shape index (κ3) is 5.84. The van der Waals surface area contributed by atoms with Crippen LogP contribution in [-0.2, 0) is 4.79 Å². The summed E-state index contributed by atoms with van der Waals surface area (Å²) in [6.07, 6.45) is 4.40. The summed E-state index contributed by atoms with van der Waals surface area (Å²) in [5.74, 6) is 0.610. The first-order valence-corrected chi connectivity index (χ1v) is 5.42. The zero-order valence-electron chi connectivity index (χ0n) is 7.48. The number of carbonyl (C=O) groups is 1. The van der Waals surface area contributed by atoms with Crippen LogP contribution in [0.4, 0.5) is 0 Å². The lowest BCUT2D eigenvalue weighted by molar-refractivity contribution is -0.118. The molecule has 1 atom stereocenters. The molecule has 0 saturated heterocycles. The third-order valence-corrected chi connectivity index (χ3v) is 2.42. The van der Waals surface area contributed by atoms with Gasteiger partial charge in [0, 0.05) is 12.3 Å². The molecule has 0 fully saturated rings. The van der Waals surface area contributed by atoms with E-state index >= 15 is 0 Å². The van der Waals surface area contributed by atoms with Gasteiger partial charge in [0.1, 0.15) is 0 Å². The number of unbranched alkanes of at least 4 members (excludes halogenated alkanes) is 2. The molecule has 1 nitrogen and oxygen atoms in total. The molecule has 3 heteroatoms. The van der Waals surface area contributed by atoms with Crippen LogP contribution in [0.2, 0.25) is 0 Å². The number of ketones is 1. The van der Waals surface area contributed by atoms with Crippen molar-refractivity contribution in [3.8, 4) is 0 Å². The van der Waals surface area contributed by atoms with Crippen molar-refractivity contribution in [1.29, 1.82) is 0 Å². The maximum absolute atomic E-state index is 11.2. The molecular formula is C9H16Cl2O. The van der Waals surface area contributed by atoms with E-state index in [1.807, 2.05) is 0 Å². The zero-order valence-corrected chi connectivity index (χ0v) is 9.00. The molecule has 0 aromatic carbocycles. The molecule has 72 valence electrons. The summed E-state index contributed by atoms with van der Waals surface area (Å²) >= 11 is 11.2. The van der Waals surface area contributed by atoms with Gasteiger partial charge in [0.2, 0.25) is 0 Å². The highest BCUT2D eigenvalue weighted by Gasteiger charge is 2.13. The van der Waals surface area contributed by atoms with Crippen molar-refractivity contribution >= 4 is 29.0 Å².